The third-order valence-electron chi connectivity index (χ3n) is 3.97. The summed E-state index contributed by atoms with van der Waals surface area (Å²) in [7, 11) is 0. The van der Waals surface area contributed by atoms with Gasteiger partial charge in [-0.25, -0.2) is 18.8 Å². The first-order valence-electron chi connectivity index (χ1n) is 9.11. The molecule has 0 atom stereocenters. The first-order valence-corrected chi connectivity index (χ1v) is 9.11. The van der Waals surface area contributed by atoms with Crippen molar-refractivity contribution in [2.45, 2.75) is 19.9 Å². The highest BCUT2D eigenvalue weighted by Gasteiger charge is 2.07. The predicted molar refractivity (Wildman–Crippen MR) is 120 cm³/mol. The summed E-state index contributed by atoms with van der Waals surface area (Å²) in [5.74, 6) is 0.539. The molecule has 29 heavy (non-hydrogen) atoms. The lowest BCUT2D eigenvalue weighted by molar-refractivity contribution is 0.571. The van der Waals surface area contributed by atoms with E-state index in [1.807, 2.05) is 13.0 Å². The van der Waals surface area contributed by atoms with Gasteiger partial charge in [-0.05, 0) is 48.9 Å². The Balaban J connectivity index is 0.00000300. The van der Waals surface area contributed by atoms with E-state index in [1.165, 1.54) is 24.3 Å². The van der Waals surface area contributed by atoms with Crippen molar-refractivity contribution >= 4 is 29.9 Å². The fourth-order valence-corrected chi connectivity index (χ4v) is 2.60. The Morgan fingerprint density at radius 1 is 1.07 bits per heavy atom. The Morgan fingerprint density at radius 2 is 1.86 bits per heavy atom. The molecule has 0 spiro atoms. The van der Waals surface area contributed by atoms with Crippen molar-refractivity contribution < 1.29 is 13.2 Å². The molecule has 0 bridgehead atoms. The molecule has 0 aliphatic heterocycles. The van der Waals surface area contributed by atoms with Crippen LogP contribution < -0.4 is 10.6 Å². The van der Waals surface area contributed by atoms with Crippen LogP contribution in [0.3, 0.4) is 0 Å². The summed E-state index contributed by atoms with van der Waals surface area (Å²) in [4.78, 5) is 8.89. The van der Waals surface area contributed by atoms with Gasteiger partial charge in [0.05, 0.1) is 12.2 Å². The van der Waals surface area contributed by atoms with E-state index >= 15 is 0 Å². The Kier molecular flexibility index (Phi) is 9.04. The van der Waals surface area contributed by atoms with E-state index in [4.69, 9.17) is 4.42 Å². The van der Waals surface area contributed by atoms with Crippen LogP contribution >= 0.6 is 24.0 Å². The van der Waals surface area contributed by atoms with Crippen molar-refractivity contribution in [1.29, 1.82) is 0 Å². The van der Waals surface area contributed by atoms with Gasteiger partial charge in [-0.2, -0.15) is 0 Å². The van der Waals surface area contributed by atoms with E-state index in [0.29, 0.717) is 37.9 Å². The quantitative estimate of drug-likeness (QED) is 0.278. The summed E-state index contributed by atoms with van der Waals surface area (Å²) in [5, 5.41) is 6.38. The number of aromatic nitrogens is 1. The van der Waals surface area contributed by atoms with E-state index in [-0.39, 0.29) is 35.6 Å². The summed E-state index contributed by atoms with van der Waals surface area (Å²) >= 11 is 0. The molecule has 0 unspecified atom stereocenters. The molecule has 5 nitrogen and oxygen atoms in total. The SMILES string of the molecule is CCNC(=NCc1cccc(F)c1)NCCc1coc(-c2ccc(F)cc2)n1.I. The minimum Gasteiger partial charge on any atom is -0.444 e. The average molecular weight is 512 g/mol. The Hall–Kier alpha value is -2.49. The van der Waals surface area contributed by atoms with E-state index in [1.54, 1.807) is 24.5 Å². The lowest BCUT2D eigenvalue weighted by Gasteiger charge is -2.10. The van der Waals surface area contributed by atoms with Gasteiger partial charge in [-0.1, -0.05) is 12.1 Å². The minimum atomic E-state index is -0.298. The van der Waals surface area contributed by atoms with E-state index < -0.39 is 0 Å². The van der Waals surface area contributed by atoms with Crippen molar-refractivity contribution in [1.82, 2.24) is 15.6 Å². The molecule has 1 heterocycles. The van der Waals surface area contributed by atoms with Gasteiger partial charge in [0.25, 0.3) is 0 Å². The Bertz CT molecular complexity index is 928. The highest BCUT2D eigenvalue weighted by Crippen LogP contribution is 2.19. The van der Waals surface area contributed by atoms with E-state index in [9.17, 15) is 8.78 Å². The van der Waals surface area contributed by atoms with Crippen LogP contribution in [0.5, 0.6) is 0 Å². The normalized spacial score (nSPS) is 11.1. The Labute approximate surface area is 185 Å². The standard InChI is InChI=1S/C21H22F2N4O.HI/c1-2-24-21(26-13-15-4-3-5-18(23)12-15)25-11-10-19-14-28-20(27-19)16-6-8-17(22)9-7-16;/h3-9,12,14H,2,10-11,13H2,1H3,(H2,24,25,26);1H. The largest absolute Gasteiger partial charge is 0.444 e. The second kappa shape index (κ2) is 11.5. The van der Waals surface area contributed by atoms with Crippen molar-refractivity contribution in [3.63, 3.8) is 0 Å². The highest BCUT2D eigenvalue weighted by atomic mass is 127. The molecule has 0 amide bonds. The molecule has 0 fully saturated rings. The third kappa shape index (κ3) is 7.12. The van der Waals surface area contributed by atoms with Crippen LogP contribution in [-0.2, 0) is 13.0 Å². The maximum Gasteiger partial charge on any atom is 0.226 e. The number of nitrogens with zero attached hydrogens (tertiary/aromatic N) is 2. The van der Waals surface area contributed by atoms with Gasteiger partial charge in [0.1, 0.15) is 17.9 Å². The lowest BCUT2D eigenvalue weighted by Crippen LogP contribution is -2.38. The maximum atomic E-state index is 13.3. The molecule has 0 aliphatic carbocycles. The van der Waals surface area contributed by atoms with Gasteiger partial charge in [0, 0.05) is 25.1 Å². The molecule has 0 saturated carbocycles. The van der Waals surface area contributed by atoms with Crippen LogP contribution in [0.25, 0.3) is 11.5 Å². The number of benzene rings is 2. The van der Waals surface area contributed by atoms with Crippen molar-refractivity contribution in [2.75, 3.05) is 13.1 Å². The molecule has 3 rings (SSSR count). The van der Waals surface area contributed by atoms with Gasteiger partial charge >= 0.3 is 0 Å². The molecule has 0 radical (unpaired) electrons. The predicted octanol–water partition coefficient (Wildman–Crippen LogP) is 4.54. The van der Waals surface area contributed by atoms with Crippen molar-refractivity contribution in [2.24, 2.45) is 4.99 Å². The van der Waals surface area contributed by atoms with Crippen LogP contribution in [0, 0.1) is 11.6 Å². The van der Waals surface area contributed by atoms with Crippen LogP contribution in [0.2, 0.25) is 0 Å². The average Bonchev–Trinajstić information content (AvgIpc) is 3.15. The fraction of sp³-hybridized carbons (Fsp3) is 0.238. The zero-order valence-electron chi connectivity index (χ0n) is 16.0. The van der Waals surface area contributed by atoms with Gasteiger partial charge in [0.2, 0.25) is 5.89 Å². The number of aliphatic imine (C=N–C) groups is 1. The summed E-state index contributed by atoms with van der Waals surface area (Å²) in [6.07, 6.45) is 2.23. The summed E-state index contributed by atoms with van der Waals surface area (Å²) in [5.41, 5.74) is 2.32. The third-order valence-corrected chi connectivity index (χ3v) is 3.97. The molecule has 3 aromatic rings. The molecule has 0 saturated heterocycles. The minimum absolute atomic E-state index is 0. The summed E-state index contributed by atoms with van der Waals surface area (Å²) in [6, 6.07) is 12.4. The van der Waals surface area contributed by atoms with Crippen molar-refractivity contribution in [3.05, 3.63) is 77.7 Å². The molecule has 2 aromatic carbocycles. The number of nitrogens with one attached hydrogen (secondary N) is 2. The summed E-state index contributed by atoms with van der Waals surface area (Å²) in [6.45, 7) is 3.68. The van der Waals surface area contributed by atoms with Gasteiger partial charge in [-0.3, -0.25) is 0 Å². The van der Waals surface area contributed by atoms with Gasteiger partial charge in [-0.15, -0.1) is 24.0 Å². The maximum absolute atomic E-state index is 13.3. The van der Waals surface area contributed by atoms with Crippen LogP contribution in [0.1, 0.15) is 18.2 Å². The van der Waals surface area contributed by atoms with E-state index in [0.717, 1.165) is 16.8 Å². The molecule has 2 N–H and O–H groups in total. The van der Waals surface area contributed by atoms with Gasteiger partial charge < -0.3 is 15.1 Å². The fourth-order valence-electron chi connectivity index (χ4n) is 2.60. The molecule has 1 aromatic heterocycles. The molecular weight excluding hydrogens is 489 g/mol. The second-order valence-corrected chi connectivity index (χ2v) is 6.15. The zero-order chi connectivity index (χ0) is 19.8. The number of rotatable bonds is 7. The van der Waals surface area contributed by atoms with Crippen molar-refractivity contribution in [3.8, 4) is 11.5 Å². The van der Waals surface area contributed by atoms with Crippen LogP contribution in [0.4, 0.5) is 8.78 Å². The first kappa shape index (κ1) is 22.8. The molecule has 8 heteroatoms. The first-order chi connectivity index (χ1) is 13.6. The molecule has 154 valence electrons. The second-order valence-electron chi connectivity index (χ2n) is 6.15. The monoisotopic (exact) mass is 512 g/mol. The Morgan fingerprint density at radius 3 is 2.59 bits per heavy atom. The number of guanidine groups is 1. The molecular formula is C21H23F2IN4O. The van der Waals surface area contributed by atoms with Crippen LogP contribution in [0.15, 0.2) is 64.2 Å². The van der Waals surface area contributed by atoms with Crippen LogP contribution in [-0.4, -0.2) is 24.0 Å². The number of halogens is 3. The smallest absolute Gasteiger partial charge is 0.226 e. The topological polar surface area (TPSA) is 62.5 Å². The van der Waals surface area contributed by atoms with E-state index in [2.05, 4.69) is 20.6 Å². The van der Waals surface area contributed by atoms with Gasteiger partial charge in [0.15, 0.2) is 5.96 Å². The molecule has 0 aliphatic rings. The number of hydrogen-bond donors (Lipinski definition) is 2. The number of oxazole rings is 1. The number of hydrogen-bond acceptors (Lipinski definition) is 3. The highest BCUT2D eigenvalue weighted by molar-refractivity contribution is 14.0. The summed E-state index contributed by atoms with van der Waals surface area (Å²) < 4.78 is 31.7. The lowest BCUT2D eigenvalue weighted by atomic mass is 10.2. The zero-order valence-corrected chi connectivity index (χ0v) is 18.3.